The first-order valence-electron chi connectivity index (χ1n) is 9.55. The van der Waals surface area contributed by atoms with Crippen LogP contribution in [0.4, 0.5) is 11.4 Å². The van der Waals surface area contributed by atoms with Gasteiger partial charge in [0.25, 0.3) is 0 Å². The van der Waals surface area contributed by atoms with Crippen LogP contribution in [0.3, 0.4) is 0 Å². The smallest absolute Gasteiger partial charge is 0.234 e. The molecule has 0 fully saturated rings. The molecule has 2 amide bonds. The molecule has 4 rings (SSSR count). The fourth-order valence-corrected chi connectivity index (χ4v) is 5.77. The van der Waals surface area contributed by atoms with E-state index >= 15 is 0 Å². The number of hydrogen-bond donors (Lipinski definition) is 2. The zero-order valence-electron chi connectivity index (χ0n) is 16.3. The lowest BCUT2D eigenvalue weighted by molar-refractivity contribution is -0.114. The van der Waals surface area contributed by atoms with E-state index < -0.39 is 0 Å². The van der Waals surface area contributed by atoms with E-state index in [0.29, 0.717) is 17.3 Å². The monoisotopic (exact) mass is 426 g/mol. The number of aryl methyl sites for hydroxylation is 1. The van der Waals surface area contributed by atoms with E-state index in [4.69, 9.17) is 0 Å². The van der Waals surface area contributed by atoms with Crippen LogP contribution in [0, 0.1) is 5.92 Å². The fourth-order valence-electron chi connectivity index (χ4n) is 3.53. The summed E-state index contributed by atoms with van der Waals surface area (Å²) in [5, 5.41) is 7.62. The predicted molar refractivity (Wildman–Crippen MR) is 119 cm³/mol. The standard InChI is InChI=1S/C21H22N4O2S2/c1-12-3-8-16-17(9-12)29-21-19(16)20(22-11-23-21)28-10-18(27)25-15-6-4-14(5-7-15)24-13(2)26/h4-7,11-12H,3,8-10H2,1-2H3,(H,24,26)(H,25,27). The average molecular weight is 427 g/mol. The third kappa shape index (κ3) is 4.59. The molecule has 0 aliphatic heterocycles. The fraction of sp³-hybridized carbons (Fsp3) is 0.333. The maximum Gasteiger partial charge on any atom is 0.234 e. The molecule has 3 aromatic rings. The molecule has 2 heterocycles. The summed E-state index contributed by atoms with van der Waals surface area (Å²) in [5.41, 5.74) is 2.77. The largest absolute Gasteiger partial charge is 0.326 e. The zero-order chi connectivity index (χ0) is 20.4. The Morgan fingerprint density at radius 1 is 1.17 bits per heavy atom. The summed E-state index contributed by atoms with van der Waals surface area (Å²) < 4.78 is 0. The van der Waals surface area contributed by atoms with Crippen molar-refractivity contribution >= 4 is 56.5 Å². The lowest BCUT2D eigenvalue weighted by Gasteiger charge is -2.18. The number of nitrogens with zero attached hydrogens (tertiary/aromatic N) is 2. The minimum Gasteiger partial charge on any atom is -0.326 e. The topological polar surface area (TPSA) is 84.0 Å². The van der Waals surface area contributed by atoms with Crippen molar-refractivity contribution in [1.29, 1.82) is 0 Å². The highest BCUT2D eigenvalue weighted by molar-refractivity contribution is 8.00. The number of nitrogens with one attached hydrogen (secondary N) is 2. The maximum absolute atomic E-state index is 12.4. The number of fused-ring (bicyclic) bond motifs is 3. The van der Waals surface area contributed by atoms with Crippen LogP contribution in [-0.4, -0.2) is 27.5 Å². The Kier molecular flexibility index (Phi) is 5.82. The van der Waals surface area contributed by atoms with Gasteiger partial charge in [0.15, 0.2) is 0 Å². The molecule has 0 saturated heterocycles. The Balaban J connectivity index is 1.43. The molecule has 2 N–H and O–H groups in total. The Morgan fingerprint density at radius 2 is 1.90 bits per heavy atom. The van der Waals surface area contributed by atoms with E-state index in [1.54, 1.807) is 41.9 Å². The minimum atomic E-state index is -0.126. The summed E-state index contributed by atoms with van der Waals surface area (Å²) in [7, 11) is 0. The van der Waals surface area contributed by atoms with Crippen molar-refractivity contribution in [2.75, 3.05) is 16.4 Å². The van der Waals surface area contributed by atoms with Gasteiger partial charge in [0, 0.05) is 28.6 Å². The van der Waals surface area contributed by atoms with Crippen LogP contribution in [0.15, 0.2) is 35.6 Å². The first-order valence-corrected chi connectivity index (χ1v) is 11.4. The van der Waals surface area contributed by atoms with Crippen LogP contribution >= 0.6 is 23.1 Å². The highest BCUT2D eigenvalue weighted by Crippen LogP contribution is 2.40. The van der Waals surface area contributed by atoms with Crippen molar-refractivity contribution in [1.82, 2.24) is 9.97 Å². The van der Waals surface area contributed by atoms with Gasteiger partial charge in [-0.2, -0.15) is 0 Å². The molecule has 1 aromatic carbocycles. The van der Waals surface area contributed by atoms with E-state index in [0.717, 1.165) is 28.1 Å². The molecule has 2 aromatic heterocycles. The van der Waals surface area contributed by atoms with Crippen LogP contribution in [0.25, 0.3) is 10.2 Å². The van der Waals surface area contributed by atoms with Crippen molar-refractivity contribution in [3.8, 4) is 0 Å². The van der Waals surface area contributed by atoms with Gasteiger partial charge in [0.05, 0.1) is 5.75 Å². The van der Waals surface area contributed by atoms with Gasteiger partial charge in [-0.1, -0.05) is 18.7 Å². The third-order valence-corrected chi connectivity index (χ3v) is 7.04. The van der Waals surface area contributed by atoms with E-state index in [1.807, 2.05) is 0 Å². The third-order valence-electron chi connectivity index (χ3n) is 4.89. The van der Waals surface area contributed by atoms with E-state index in [2.05, 4.69) is 27.5 Å². The van der Waals surface area contributed by atoms with Crippen molar-refractivity contribution in [3.63, 3.8) is 0 Å². The van der Waals surface area contributed by atoms with Crippen molar-refractivity contribution in [3.05, 3.63) is 41.0 Å². The van der Waals surface area contributed by atoms with Crippen LogP contribution in [0.2, 0.25) is 0 Å². The summed E-state index contributed by atoms with van der Waals surface area (Å²) in [6, 6.07) is 7.06. The van der Waals surface area contributed by atoms with E-state index in [9.17, 15) is 9.59 Å². The number of aromatic nitrogens is 2. The number of carbonyl (C=O) groups excluding carboxylic acids is 2. The summed E-state index contributed by atoms with van der Waals surface area (Å²) in [5.74, 6) is 0.772. The first-order chi connectivity index (χ1) is 14.0. The second-order valence-electron chi connectivity index (χ2n) is 7.31. The molecular formula is C21H22N4O2S2. The normalized spacial score (nSPS) is 15.7. The molecule has 1 aliphatic carbocycles. The first kappa shape index (κ1) is 19.8. The molecule has 0 spiro atoms. The van der Waals surface area contributed by atoms with Gasteiger partial charge in [-0.3, -0.25) is 9.59 Å². The molecule has 150 valence electrons. The van der Waals surface area contributed by atoms with Crippen LogP contribution in [0.1, 0.15) is 30.7 Å². The van der Waals surface area contributed by atoms with Crippen molar-refractivity contribution < 1.29 is 9.59 Å². The number of benzene rings is 1. The number of thioether (sulfide) groups is 1. The number of carbonyl (C=O) groups is 2. The van der Waals surface area contributed by atoms with Gasteiger partial charge in [-0.05, 0) is 55.0 Å². The van der Waals surface area contributed by atoms with Gasteiger partial charge < -0.3 is 10.6 Å². The minimum absolute atomic E-state index is 0.0910. The Bertz CT molecular complexity index is 1060. The van der Waals surface area contributed by atoms with Crippen molar-refractivity contribution in [2.45, 2.75) is 38.1 Å². The molecule has 1 unspecified atom stereocenters. The Labute approximate surface area is 177 Å². The summed E-state index contributed by atoms with van der Waals surface area (Å²) in [6.45, 7) is 3.75. The summed E-state index contributed by atoms with van der Waals surface area (Å²) in [6.07, 6.45) is 4.95. The Morgan fingerprint density at radius 3 is 2.62 bits per heavy atom. The zero-order valence-corrected chi connectivity index (χ0v) is 18.0. The van der Waals surface area contributed by atoms with Crippen LogP contribution in [0.5, 0.6) is 0 Å². The molecule has 1 aliphatic rings. The average Bonchev–Trinajstić information content (AvgIpc) is 3.05. The van der Waals surface area contributed by atoms with Gasteiger partial charge in [-0.25, -0.2) is 9.97 Å². The quantitative estimate of drug-likeness (QED) is 0.463. The second-order valence-corrected chi connectivity index (χ2v) is 9.35. The SMILES string of the molecule is CC(=O)Nc1ccc(NC(=O)CSc2ncnc3sc4c(c23)CCC(C)C4)cc1. The second kappa shape index (κ2) is 8.51. The van der Waals surface area contributed by atoms with Gasteiger partial charge >= 0.3 is 0 Å². The highest BCUT2D eigenvalue weighted by Gasteiger charge is 2.23. The molecule has 1 atom stereocenters. The molecular weight excluding hydrogens is 404 g/mol. The summed E-state index contributed by atoms with van der Waals surface area (Å²) >= 11 is 3.22. The molecule has 29 heavy (non-hydrogen) atoms. The molecule has 8 heteroatoms. The van der Waals surface area contributed by atoms with Crippen LogP contribution < -0.4 is 10.6 Å². The molecule has 0 bridgehead atoms. The number of amides is 2. The number of thiophene rings is 1. The molecule has 6 nitrogen and oxygen atoms in total. The maximum atomic E-state index is 12.4. The molecule has 0 radical (unpaired) electrons. The molecule has 0 saturated carbocycles. The summed E-state index contributed by atoms with van der Waals surface area (Å²) in [4.78, 5) is 34.9. The number of rotatable bonds is 5. The number of hydrogen-bond acceptors (Lipinski definition) is 6. The number of anilines is 2. The van der Waals surface area contributed by atoms with Gasteiger partial charge in [0.2, 0.25) is 11.8 Å². The van der Waals surface area contributed by atoms with E-state index in [-0.39, 0.29) is 17.6 Å². The van der Waals surface area contributed by atoms with Crippen molar-refractivity contribution in [2.24, 2.45) is 5.92 Å². The predicted octanol–water partition coefficient (Wildman–Crippen LogP) is 4.51. The lowest BCUT2D eigenvalue weighted by Crippen LogP contribution is -2.14. The highest BCUT2D eigenvalue weighted by atomic mass is 32.2. The van der Waals surface area contributed by atoms with Gasteiger partial charge in [-0.15, -0.1) is 11.3 Å². The van der Waals surface area contributed by atoms with Gasteiger partial charge in [0.1, 0.15) is 16.2 Å². The lowest BCUT2D eigenvalue weighted by atomic mass is 9.89. The van der Waals surface area contributed by atoms with Crippen LogP contribution in [-0.2, 0) is 22.4 Å². The Hall–Kier alpha value is -2.45. The van der Waals surface area contributed by atoms with E-state index in [1.165, 1.54) is 35.5 Å².